The Hall–Kier alpha value is -4.36. The summed E-state index contributed by atoms with van der Waals surface area (Å²) < 4.78 is 0. The van der Waals surface area contributed by atoms with Gasteiger partial charge in [-0.2, -0.15) is 0 Å². The van der Waals surface area contributed by atoms with Crippen molar-refractivity contribution >= 4 is 46.0 Å². The van der Waals surface area contributed by atoms with E-state index in [9.17, 15) is 4.79 Å². The van der Waals surface area contributed by atoms with Crippen molar-refractivity contribution in [3.05, 3.63) is 119 Å². The van der Waals surface area contributed by atoms with Crippen LogP contribution in [-0.4, -0.2) is 52.3 Å². The summed E-state index contributed by atoms with van der Waals surface area (Å²) in [7, 11) is 8.19. The average Bonchev–Trinajstić information content (AvgIpc) is 2.99. The molecule has 0 heterocycles. The first-order valence-electron chi connectivity index (χ1n) is 14.3. The third-order valence-electron chi connectivity index (χ3n) is 7.47. The lowest BCUT2D eigenvalue weighted by Gasteiger charge is -2.27. The highest BCUT2D eigenvalue weighted by molar-refractivity contribution is 7.80. The number of anilines is 4. The van der Waals surface area contributed by atoms with Crippen LogP contribution in [0.3, 0.4) is 0 Å². The van der Waals surface area contributed by atoms with Crippen molar-refractivity contribution in [3.63, 3.8) is 0 Å². The Morgan fingerprint density at radius 1 is 0.714 bits per heavy atom. The second-order valence-corrected chi connectivity index (χ2v) is 11.0. The number of hydrogen-bond acceptors (Lipinski definition) is 5. The molecule has 4 aromatic carbocycles. The Morgan fingerprint density at radius 3 is 1.69 bits per heavy atom. The Bertz CT molecular complexity index is 1430. The van der Waals surface area contributed by atoms with Crippen molar-refractivity contribution in [2.75, 3.05) is 61.3 Å². The van der Waals surface area contributed by atoms with E-state index in [0.717, 1.165) is 52.5 Å². The van der Waals surface area contributed by atoms with Gasteiger partial charge in [-0.15, -0.1) is 0 Å². The summed E-state index contributed by atoms with van der Waals surface area (Å²) in [5.41, 5.74) is 8.17. The molecule has 4 aromatic rings. The molecule has 218 valence electrons. The first-order valence-corrected chi connectivity index (χ1v) is 14.7. The van der Waals surface area contributed by atoms with Gasteiger partial charge in [-0.25, -0.2) is 0 Å². The molecule has 0 aliphatic rings. The van der Waals surface area contributed by atoms with Crippen LogP contribution >= 0.6 is 12.2 Å². The molecule has 2 N–H and O–H groups in total. The first-order chi connectivity index (χ1) is 20.2. The molecule has 6 nitrogen and oxygen atoms in total. The number of amides is 1. The molecule has 0 unspecified atom stereocenters. The molecule has 0 bridgehead atoms. The summed E-state index contributed by atoms with van der Waals surface area (Å²) in [4.78, 5) is 19.4. The van der Waals surface area contributed by atoms with Crippen molar-refractivity contribution < 1.29 is 4.79 Å². The molecule has 0 aliphatic heterocycles. The number of hydrogen-bond donors (Lipinski definition) is 2. The fourth-order valence-electron chi connectivity index (χ4n) is 5.09. The highest BCUT2D eigenvalue weighted by Gasteiger charge is 2.22. The number of nitrogens with one attached hydrogen (secondary N) is 2. The van der Waals surface area contributed by atoms with Crippen LogP contribution in [0, 0.1) is 0 Å². The van der Waals surface area contributed by atoms with Gasteiger partial charge in [-0.3, -0.25) is 10.1 Å². The second kappa shape index (κ2) is 14.0. The van der Waals surface area contributed by atoms with E-state index < -0.39 is 0 Å². The van der Waals surface area contributed by atoms with Crippen LogP contribution in [0.15, 0.2) is 97.1 Å². The standard InChI is InChI=1S/C35H41N5OS/c1-7-40(8-2)30-22-23-31(32(24-30)36-35(42)37-34(41)27-12-10-9-11-13-27)33(25-14-18-28(19-15-25)38(3)4)26-16-20-29(21-17-26)39(5)6/h9-24,33H,7-8H2,1-6H3,(H2,36,37,41,42). The Morgan fingerprint density at radius 2 is 1.21 bits per heavy atom. The van der Waals surface area contributed by atoms with Gasteiger partial charge in [-0.05, 0) is 91.3 Å². The van der Waals surface area contributed by atoms with Crippen LogP contribution in [-0.2, 0) is 0 Å². The van der Waals surface area contributed by atoms with Gasteiger partial charge in [0.05, 0.1) is 0 Å². The largest absolute Gasteiger partial charge is 0.378 e. The number of rotatable bonds is 10. The molecule has 7 heteroatoms. The SMILES string of the molecule is CCN(CC)c1ccc(C(c2ccc(N(C)C)cc2)c2ccc(N(C)C)cc2)c(NC(=S)NC(=O)c2ccccc2)c1. The summed E-state index contributed by atoms with van der Waals surface area (Å²) in [6.07, 6.45) is 0. The van der Waals surface area contributed by atoms with E-state index in [1.54, 1.807) is 12.1 Å². The smallest absolute Gasteiger partial charge is 0.257 e. The third-order valence-corrected chi connectivity index (χ3v) is 7.68. The van der Waals surface area contributed by atoms with E-state index in [0.29, 0.717) is 5.56 Å². The summed E-state index contributed by atoms with van der Waals surface area (Å²) >= 11 is 5.68. The maximum absolute atomic E-state index is 12.9. The molecule has 0 aliphatic carbocycles. The van der Waals surface area contributed by atoms with Gasteiger partial charge in [0.1, 0.15) is 0 Å². The number of nitrogens with zero attached hydrogens (tertiary/aromatic N) is 3. The molecule has 0 spiro atoms. The number of carbonyl (C=O) groups excluding carboxylic acids is 1. The molecule has 0 fully saturated rings. The number of thiocarbonyl (C=S) groups is 1. The zero-order valence-corrected chi connectivity index (χ0v) is 26.2. The van der Waals surface area contributed by atoms with Crippen molar-refractivity contribution in [3.8, 4) is 0 Å². The van der Waals surface area contributed by atoms with E-state index in [4.69, 9.17) is 12.2 Å². The Kier molecular flexibility index (Phi) is 10.2. The van der Waals surface area contributed by atoms with Crippen molar-refractivity contribution in [2.24, 2.45) is 0 Å². The van der Waals surface area contributed by atoms with Crippen molar-refractivity contribution in [2.45, 2.75) is 19.8 Å². The summed E-state index contributed by atoms with van der Waals surface area (Å²) in [6, 6.07) is 33.0. The lowest BCUT2D eigenvalue weighted by atomic mass is 9.83. The Balaban J connectivity index is 1.80. The van der Waals surface area contributed by atoms with Crippen LogP contribution in [0.5, 0.6) is 0 Å². The van der Waals surface area contributed by atoms with E-state index in [1.165, 1.54) is 0 Å². The third kappa shape index (κ3) is 7.28. The molecule has 1 amide bonds. The van der Waals surface area contributed by atoms with Gasteiger partial charge < -0.3 is 20.0 Å². The molecular formula is C35H41N5OS. The molecule has 0 atom stereocenters. The normalized spacial score (nSPS) is 10.7. The van der Waals surface area contributed by atoms with Gasteiger partial charge >= 0.3 is 0 Å². The zero-order valence-electron chi connectivity index (χ0n) is 25.4. The summed E-state index contributed by atoms with van der Waals surface area (Å²) in [5, 5.41) is 6.51. The van der Waals surface area contributed by atoms with Crippen LogP contribution in [0.2, 0.25) is 0 Å². The van der Waals surface area contributed by atoms with Crippen LogP contribution in [0.25, 0.3) is 0 Å². The molecule has 4 rings (SSSR count). The number of carbonyl (C=O) groups is 1. The molecule has 0 aromatic heterocycles. The maximum atomic E-state index is 12.9. The van der Waals surface area contributed by atoms with Crippen molar-refractivity contribution in [1.29, 1.82) is 0 Å². The second-order valence-electron chi connectivity index (χ2n) is 10.6. The average molecular weight is 580 g/mol. The van der Waals surface area contributed by atoms with Crippen LogP contribution in [0.4, 0.5) is 22.7 Å². The lowest BCUT2D eigenvalue weighted by molar-refractivity contribution is 0.0977. The Labute approximate surface area is 256 Å². The lowest BCUT2D eigenvalue weighted by Crippen LogP contribution is -2.34. The predicted octanol–water partition coefficient (Wildman–Crippen LogP) is 6.97. The minimum atomic E-state index is -0.246. The van der Waals surface area contributed by atoms with Gasteiger partial charge in [0.2, 0.25) is 0 Å². The summed E-state index contributed by atoms with van der Waals surface area (Å²) in [6.45, 7) is 6.06. The minimum Gasteiger partial charge on any atom is -0.378 e. The molecule has 42 heavy (non-hydrogen) atoms. The number of benzene rings is 4. The molecule has 0 saturated heterocycles. The van der Waals surface area contributed by atoms with Gasteiger partial charge in [0.25, 0.3) is 5.91 Å². The van der Waals surface area contributed by atoms with Crippen LogP contribution < -0.4 is 25.3 Å². The van der Waals surface area contributed by atoms with Crippen molar-refractivity contribution in [1.82, 2.24) is 5.32 Å². The quantitative estimate of drug-likeness (QED) is 0.156. The van der Waals surface area contributed by atoms with E-state index in [-0.39, 0.29) is 16.9 Å². The predicted molar refractivity (Wildman–Crippen MR) is 183 cm³/mol. The summed E-state index contributed by atoms with van der Waals surface area (Å²) in [5.74, 6) is -0.317. The van der Waals surface area contributed by atoms with E-state index >= 15 is 0 Å². The molecule has 0 saturated carbocycles. The topological polar surface area (TPSA) is 50.9 Å². The first kappa shape index (κ1) is 30.6. The zero-order chi connectivity index (χ0) is 30.2. The van der Waals surface area contributed by atoms with E-state index in [1.807, 2.05) is 46.4 Å². The molecular weight excluding hydrogens is 538 g/mol. The van der Waals surface area contributed by atoms with Gasteiger partial charge in [0.15, 0.2) is 5.11 Å². The van der Waals surface area contributed by atoms with Gasteiger partial charge in [-0.1, -0.05) is 48.5 Å². The highest BCUT2D eigenvalue weighted by Crippen LogP contribution is 2.39. The fourth-order valence-corrected chi connectivity index (χ4v) is 5.29. The highest BCUT2D eigenvalue weighted by atomic mass is 32.1. The van der Waals surface area contributed by atoms with Crippen LogP contribution in [0.1, 0.15) is 46.8 Å². The fraction of sp³-hybridized carbons (Fsp3) is 0.257. The van der Waals surface area contributed by atoms with E-state index in [2.05, 4.69) is 106 Å². The molecule has 0 radical (unpaired) electrons. The van der Waals surface area contributed by atoms with Gasteiger partial charge in [0, 0.05) is 75.5 Å². The minimum absolute atomic E-state index is 0.0710. The monoisotopic (exact) mass is 579 g/mol. The maximum Gasteiger partial charge on any atom is 0.257 e.